The molecule has 1 aromatic rings. The van der Waals surface area contributed by atoms with Crippen LogP contribution in [0, 0.1) is 12.8 Å². The van der Waals surface area contributed by atoms with E-state index in [1.807, 2.05) is 6.92 Å². The average Bonchev–Trinajstić information content (AvgIpc) is 2.32. The molecule has 0 radical (unpaired) electrons. The summed E-state index contributed by atoms with van der Waals surface area (Å²) in [7, 11) is -1.44. The maximum absolute atomic E-state index is 9.11. The largest absolute Gasteiger partial charge is 0.491 e. The van der Waals surface area contributed by atoms with Gasteiger partial charge in [-0.25, -0.2) is 0 Å². The summed E-state index contributed by atoms with van der Waals surface area (Å²) in [5, 5.41) is 18.2. The predicted molar refractivity (Wildman–Crippen MR) is 76.8 cm³/mol. The van der Waals surface area contributed by atoms with Gasteiger partial charge in [-0.3, -0.25) is 0 Å². The van der Waals surface area contributed by atoms with E-state index in [-0.39, 0.29) is 0 Å². The summed E-state index contributed by atoms with van der Waals surface area (Å²) in [5.41, 5.74) is 1.30. The van der Waals surface area contributed by atoms with Crippen molar-refractivity contribution >= 4 is 12.6 Å². The molecule has 0 saturated heterocycles. The number of aryl methyl sites for hydroxylation is 1. The highest BCUT2D eigenvalue weighted by atomic mass is 16.5. The van der Waals surface area contributed by atoms with Crippen LogP contribution in [0.2, 0.25) is 0 Å². The molecule has 5 heteroatoms. The standard InChI is InChI=1S/C14H23BO4/c1-11(2)6-7-18-8-9-19-13-4-5-14(15(16)17)12(3)10-13/h4-5,10-11,16-17H,6-9H2,1-3H3. The highest BCUT2D eigenvalue weighted by Gasteiger charge is 2.13. The van der Waals surface area contributed by atoms with Crippen LogP contribution in [0.15, 0.2) is 18.2 Å². The predicted octanol–water partition coefficient (Wildman–Crippen LogP) is 1.12. The quantitative estimate of drug-likeness (QED) is 0.546. The molecular weight excluding hydrogens is 243 g/mol. The zero-order valence-corrected chi connectivity index (χ0v) is 11.9. The lowest BCUT2D eigenvalue weighted by Gasteiger charge is -2.10. The van der Waals surface area contributed by atoms with Crippen molar-refractivity contribution in [3.63, 3.8) is 0 Å². The minimum atomic E-state index is -1.44. The molecule has 0 saturated carbocycles. The van der Waals surface area contributed by atoms with E-state index in [0.29, 0.717) is 30.3 Å². The monoisotopic (exact) mass is 266 g/mol. The lowest BCUT2D eigenvalue weighted by Crippen LogP contribution is -2.31. The smallest absolute Gasteiger partial charge is 0.488 e. The van der Waals surface area contributed by atoms with Crippen LogP contribution in [0.4, 0.5) is 0 Å². The molecule has 0 aliphatic carbocycles. The number of rotatable bonds is 8. The molecule has 1 aromatic carbocycles. The average molecular weight is 266 g/mol. The maximum Gasteiger partial charge on any atom is 0.488 e. The summed E-state index contributed by atoms with van der Waals surface area (Å²) in [4.78, 5) is 0. The van der Waals surface area contributed by atoms with Crippen molar-refractivity contribution in [1.29, 1.82) is 0 Å². The molecule has 0 aliphatic rings. The lowest BCUT2D eigenvalue weighted by molar-refractivity contribution is 0.0926. The van der Waals surface area contributed by atoms with Gasteiger partial charge in [-0.1, -0.05) is 19.9 Å². The molecule has 0 amide bonds. The van der Waals surface area contributed by atoms with E-state index in [0.717, 1.165) is 18.6 Å². The van der Waals surface area contributed by atoms with E-state index < -0.39 is 7.12 Å². The Labute approximate surface area is 115 Å². The van der Waals surface area contributed by atoms with E-state index in [2.05, 4.69) is 13.8 Å². The molecule has 0 spiro atoms. The van der Waals surface area contributed by atoms with Crippen molar-refractivity contribution < 1.29 is 19.5 Å². The Morgan fingerprint density at radius 3 is 2.47 bits per heavy atom. The third-order valence-electron chi connectivity index (χ3n) is 2.86. The number of benzene rings is 1. The van der Waals surface area contributed by atoms with Crippen LogP contribution in [-0.2, 0) is 4.74 Å². The van der Waals surface area contributed by atoms with Crippen molar-refractivity contribution in [3.05, 3.63) is 23.8 Å². The number of hydrogen-bond donors (Lipinski definition) is 2. The minimum absolute atomic E-state index is 0.499. The van der Waals surface area contributed by atoms with E-state index in [1.165, 1.54) is 0 Å². The minimum Gasteiger partial charge on any atom is -0.491 e. The van der Waals surface area contributed by atoms with E-state index in [9.17, 15) is 0 Å². The van der Waals surface area contributed by atoms with Gasteiger partial charge in [0.2, 0.25) is 0 Å². The van der Waals surface area contributed by atoms with Gasteiger partial charge in [0, 0.05) is 6.61 Å². The lowest BCUT2D eigenvalue weighted by atomic mass is 9.77. The van der Waals surface area contributed by atoms with Gasteiger partial charge in [0.1, 0.15) is 12.4 Å². The van der Waals surface area contributed by atoms with Crippen molar-refractivity contribution in [3.8, 4) is 5.75 Å². The van der Waals surface area contributed by atoms with Crippen LogP contribution in [-0.4, -0.2) is 37.0 Å². The molecule has 0 bridgehead atoms. The molecule has 0 fully saturated rings. The molecule has 0 atom stereocenters. The Balaban J connectivity index is 2.28. The second kappa shape index (κ2) is 8.20. The summed E-state index contributed by atoms with van der Waals surface area (Å²) in [5.74, 6) is 1.37. The first kappa shape index (κ1) is 16.0. The van der Waals surface area contributed by atoms with E-state index >= 15 is 0 Å². The topological polar surface area (TPSA) is 58.9 Å². The SMILES string of the molecule is Cc1cc(OCCOCCC(C)C)ccc1B(O)O. The highest BCUT2D eigenvalue weighted by molar-refractivity contribution is 6.59. The molecule has 0 aromatic heterocycles. The van der Waals surface area contributed by atoms with Crippen molar-refractivity contribution in [2.24, 2.45) is 5.92 Å². The van der Waals surface area contributed by atoms with Gasteiger partial charge in [-0.2, -0.15) is 0 Å². The summed E-state index contributed by atoms with van der Waals surface area (Å²) >= 11 is 0. The van der Waals surface area contributed by atoms with Crippen LogP contribution < -0.4 is 10.2 Å². The van der Waals surface area contributed by atoms with Gasteiger partial charge in [-0.15, -0.1) is 0 Å². The van der Waals surface area contributed by atoms with Crippen LogP contribution in [0.5, 0.6) is 5.75 Å². The van der Waals surface area contributed by atoms with Gasteiger partial charge < -0.3 is 19.5 Å². The number of ether oxygens (including phenoxy) is 2. The normalized spacial score (nSPS) is 10.8. The van der Waals surface area contributed by atoms with Gasteiger partial charge >= 0.3 is 7.12 Å². The van der Waals surface area contributed by atoms with Crippen LogP contribution >= 0.6 is 0 Å². The van der Waals surface area contributed by atoms with Gasteiger partial charge in [0.25, 0.3) is 0 Å². The Morgan fingerprint density at radius 1 is 1.16 bits per heavy atom. The van der Waals surface area contributed by atoms with Crippen LogP contribution in [0.25, 0.3) is 0 Å². The van der Waals surface area contributed by atoms with Gasteiger partial charge in [-0.05, 0) is 42.4 Å². The van der Waals surface area contributed by atoms with Crippen molar-refractivity contribution in [2.75, 3.05) is 19.8 Å². The first-order chi connectivity index (χ1) is 9.00. The summed E-state index contributed by atoms with van der Waals surface area (Å²) in [6.45, 7) is 7.98. The van der Waals surface area contributed by atoms with Gasteiger partial charge in [0.15, 0.2) is 0 Å². The van der Waals surface area contributed by atoms with E-state index in [4.69, 9.17) is 19.5 Å². The van der Waals surface area contributed by atoms with E-state index in [1.54, 1.807) is 18.2 Å². The molecule has 106 valence electrons. The summed E-state index contributed by atoms with van der Waals surface area (Å²) in [6, 6.07) is 5.19. The molecule has 2 N–H and O–H groups in total. The van der Waals surface area contributed by atoms with Crippen LogP contribution in [0.1, 0.15) is 25.8 Å². The molecule has 0 aliphatic heterocycles. The molecular formula is C14H23BO4. The second-order valence-electron chi connectivity index (χ2n) is 5.04. The fourth-order valence-electron chi connectivity index (χ4n) is 1.67. The number of hydrogen-bond acceptors (Lipinski definition) is 4. The molecule has 1 rings (SSSR count). The fourth-order valence-corrected chi connectivity index (χ4v) is 1.67. The molecule has 0 unspecified atom stereocenters. The van der Waals surface area contributed by atoms with Crippen LogP contribution in [0.3, 0.4) is 0 Å². The third-order valence-corrected chi connectivity index (χ3v) is 2.86. The summed E-state index contributed by atoms with van der Waals surface area (Å²) in [6.07, 6.45) is 1.06. The Kier molecular flexibility index (Phi) is 6.91. The van der Waals surface area contributed by atoms with Crippen molar-refractivity contribution in [2.45, 2.75) is 27.2 Å². The maximum atomic E-state index is 9.11. The Morgan fingerprint density at radius 2 is 1.89 bits per heavy atom. The Bertz CT molecular complexity index is 380. The van der Waals surface area contributed by atoms with Gasteiger partial charge in [0.05, 0.1) is 6.61 Å². The molecule has 19 heavy (non-hydrogen) atoms. The fraction of sp³-hybridized carbons (Fsp3) is 0.571. The first-order valence-corrected chi connectivity index (χ1v) is 6.68. The zero-order chi connectivity index (χ0) is 14.3. The summed E-state index contributed by atoms with van der Waals surface area (Å²) < 4.78 is 11.0. The molecule has 0 heterocycles. The first-order valence-electron chi connectivity index (χ1n) is 6.68. The third kappa shape index (κ3) is 6.10. The zero-order valence-electron chi connectivity index (χ0n) is 11.9. The second-order valence-corrected chi connectivity index (χ2v) is 5.04. The Hall–Kier alpha value is -1.04. The highest BCUT2D eigenvalue weighted by Crippen LogP contribution is 2.11. The van der Waals surface area contributed by atoms with Crippen molar-refractivity contribution in [1.82, 2.24) is 0 Å². The molecule has 4 nitrogen and oxygen atoms in total.